The molecule has 0 saturated heterocycles. The molecule has 1 aromatic carbocycles. The van der Waals surface area contributed by atoms with Crippen LogP contribution in [0, 0.1) is 0 Å². The Morgan fingerprint density at radius 1 is 1.20 bits per heavy atom. The van der Waals surface area contributed by atoms with Crippen molar-refractivity contribution in [2.24, 2.45) is 4.99 Å². The number of anilines is 1. The maximum atomic E-state index is 12.2. The normalized spacial score (nSPS) is 12.8. The number of aliphatic imine (C=N–C) groups is 1. The number of pyridine rings is 1. The number of rotatable bonds is 2. The van der Waals surface area contributed by atoms with E-state index in [-0.39, 0.29) is 12.2 Å². The van der Waals surface area contributed by atoms with E-state index >= 15 is 0 Å². The molecule has 0 spiro atoms. The lowest BCUT2D eigenvalue weighted by Crippen LogP contribution is -2.21. The fraction of sp³-hybridized carbons (Fsp3) is 0.176. The van der Waals surface area contributed by atoms with Gasteiger partial charge in [0.05, 0.1) is 16.4 Å². The second-order valence-electron chi connectivity index (χ2n) is 5.86. The van der Waals surface area contributed by atoms with E-state index in [4.69, 9.17) is 16.6 Å². The molecule has 0 saturated carbocycles. The van der Waals surface area contributed by atoms with E-state index in [2.05, 4.69) is 15.2 Å². The topological polar surface area (TPSA) is 79.2 Å². The number of fused-ring (bicyclic) bond motifs is 3. The molecule has 0 aliphatic carbocycles. The summed E-state index contributed by atoms with van der Waals surface area (Å²) in [5.74, 6) is 1.30. The van der Waals surface area contributed by atoms with E-state index in [1.54, 1.807) is 0 Å². The SMILES string of the molecule is CN(C)c1ccc2c(n1)C(c1ccccc1Cl)=NCc1n[nH]c(=O)n1-2. The van der Waals surface area contributed by atoms with Crippen LogP contribution in [-0.4, -0.2) is 39.6 Å². The first kappa shape index (κ1) is 15.6. The van der Waals surface area contributed by atoms with Gasteiger partial charge < -0.3 is 4.90 Å². The summed E-state index contributed by atoms with van der Waals surface area (Å²) in [6.07, 6.45) is 0. The van der Waals surface area contributed by atoms with E-state index < -0.39 is 0 Å². The standard InChI is InChI=1S/C17H15ClN6O/c1-23(2)13-8-7-12-16(20-13)15(10-5-3-4-6-11(10)18)19-9-14-21-22-17(25)24(12)14/h3-8H,9H2,1-2H3,(H,22,25). The molecule has 0 bridgehead atoms. The van der Waals surface area contributed by atoms with Crippen LogP contribution >= 0.6 is 11.6 Å². The number of aromatic amines is 1. The maximum Gasteiger partial charge on any atom is 0.348 e. The molecule has 0 radical (unpaired) electrons. The average Bonchev–Trinajstić information content (AvgIpc) is 2.88. The first-order valence-electron chi connectivity index (χ1n) is 7.71. The Morgan fingerprint density at radius 2 is 2.00 bits per heavy atom. The summed E-state index contributed by atoms with van der Waals surface area (Å²) in [6, 6.07) is 11.2. The number of nitrogens with zero attached hydrogens (tertiary/aromatic N) is 5. The molecule has 25 heavy (non-hydrogen) atoms. The molecule has 7 nitrogen and oxygen atoms in total. The van der Waals surface area contributed by atoms with Crippen LogP contribution < -0.4 is 10.6 Å². The van der Waals surface area contributed by atoms with Gasteiger partial charge in [0.15, 0.2) is 5.82 Å². The third kappa shape index (κ3) is 2.53. The van der Waals surface area contributed by atoms with E-state index in [0.29, 0.717) is 27.9 Å². The van der Waals surface area contributed by atoms with Crippen LogP contribution in [0.2, 0.25) is 5.02 Å². The quantitative estimate of drug-likeness (QED) is 0.763. The van der Waals surface area contributed by atoms with Gasteiger partial charge in [-0.25, -0.2) is 19.4 Å². The van der Waals surface area contributed by atoms with Gasteiger partial charge in [0.25, 0.3) is 0 Å². The molecule has 4 rings (SSSR count). The minimum absolute atomic E-state index is 0.257. The molecule has 3 heterocycles. The zero-order valence-electron chi connectivity index (χ0n) is 13.7. The summed E-state index contributed by atoms with van der Waals surface area (Å²) < 4.78 is 1.51. The van der Waals surface area contributed by atoms with Gasteiger partial charge in [0.2, 0.25) is 0 Å². The van der Waals surface area contributed by atoms with Gasteiger partial charge in [-0.3, -0.25) is 4.99 Å². The molecule has 2 aromatic heterocycles. The number of H-pyrrole nitrogens is 1. The Labute approximate surface area is 148 Å². The van der Waals surface area contributed by atoms with E-state index in [1.807, 2.05) is 55.4 Å². The van der Waals surface area contributed by atoms with Gasteiger partial charge in [-0.2, -0.15) is 5.10 Å². The van der Waals surface area contributed by atoms with Gasteiger partial charge in [-0.1, -0.05) is 29.8 Å². The molecule has 0 unspecified atom stereocenters. The fourth-order valence-electron chi connectivity index (χ4n) is 2.82. The van der Waals surface area contributed by atoms with Crippen molar-refractivity contribution in [3.05, 3.63) is 69.0 Å². The lowest BCUT2D eigenvalue weighted by atomic mass is 10.1. The Morgan fingerprint density at radius 3 is 2.76 bits per heavy atom. The summed E-state index contributed by atoms with van der Waals surface area (Å²) in [4.78, 5) is 23.5. The third-order valence-electron chi connectivity index (χ3n) is 4.03. The van der Waals surface area contributed by atoms with Crippen molar-refractivity contribution in [1.82, 2.24) is 19.7 Å². The summed E-state index contributed by atoms with van der Waals surface area (Å²) >= 11 is 6.39. The molecule has 1 N–H and O–H groups in total. The smallest absolute Gasteiger partial charge is 0.348 e. The van der Waals surface area contributed by atoms with Crippen molar-refractivity contribution in [2.45, 2.75) is 6.54 Å². The van der Waals surface area contributed by atoms with Crippen LogP contribution in [0.5, 0.6) is 0 Å². The predicted octanol–water partition coefficient (Wildman–Crippen LogP) is 2.03. The number of nitrogens with one attached hydrogen (secondary N) is 1. The van der Waals surface area contributed by atoms with E-state index in [9.17, 15) is 4.79 Å². The number of benzene rings is 1. The lowest BCUT2D eigenvalue weighted by Gasteiger charge is -2.16. The highest BCUT2D eigenvalue weighted by Crippen LogP contribution is 2.27. The van der Waals surface area contributed by atoms with Gasteiger partial charge in [0, 0.05) is 19.7 Å². The van der Waals surface area contributed by atoms with Crippen molar-refractivity contribution >= 4 is 23.1 Å². The highest BCUT2D eigenvalue weighted by molar-refractivity contribution is 6.35. The van der Waals surface area contributed by atoms with Crippen LogP contribution in [-0.2, 0) is 6.54 Å². The zero-order valence-corrected chi connectivity index (χ0v) is 14.4. The van der Waals surface area contributed by atoms with Crippen LogP contribution in [0.1, 0.15) is 17.1 Å². The van der Waals surface area contributed by atoms with Gasteiger partial charge in [-0.05, 0) is 18.2 Å². The Hall–Kier alpha value is -2.93. The third-order valence-corrected chi connectivity index (χ3v) is 4.36. The minimum atomic E-state index is -0.314. The molecule has 0 fully saturated rings. The van der Waals surface area contributed by atoms with Crippen molar-refractivity contribution in [3.63, 3.8) is 0 Å². The number of halogens is 1. The van der Waals surface area contributed by atoms with Gasteiger partial charge in [0.1, 0.15) is 18.1 Å². The van der Waals surface area contributed by atoms with Gasteiger partial charge >= 0.3 is 5.69 Å². The Kier molecular flexibility index (Phi) is 3.65. The largest absolute Gasteiger partial charge is 0.363 e. The number of aromatic nitrogens is 4. The van der Waals surface area contributed by atoms with Crippen molar-refractivity contribution in [1.29, 1.82) is 0 Å². The summed E-state index contributed by atoms with van der Waals surface area (Å²) in [5.41, 5.74) is 2.34. The summed E-state index contributed by atoms with van der Waals surface area (Å²) in [5, 5.41) is 7.13. The fourth-order valence-corrected chi connectivity index (χ4v) is 3.05. The predicted molar refractivity (Wildman–Crippen MR) is 97.1 cm³/mol. The summed E-state index contributed by atoms with van der Waals surface area (Å²) in [7, 11) is 3.82. The highest BCUT2D eigenvalue weighted by Gasteiger charge is 2.24. The molecule has 8 heteroatoms. The molecule has 1 aliphatic heterocycles. The second kappa shape index (κ2) is 5.86. The average molecular weight is 355 g/mol. The van der Waals surface area contributed by atoms with Crippen LogP contribution in [0.3, 0.4) is 0 Å². The number of hydrogen-bond donors (Lipinski definition) is 1. The van der Waals surface area contributed by atoms with Crippen LogP contribution in [0.4, 0.5) is 5.82 Å². The molecule has 0 atom stereocenters. The Bertz CT molecular complexity index is 1050. The molecule has 0 amide bonds. The first-order chi connectivity index (χ1) is 12.1. The molecule has 1 aliphatic rings. The molecular weight excluding hydrogens is 340 g/mol. The van der Waals surface area contributed by atoms with Crippen molar-refractivity contribution in [2.75, 3.05) is 19.0 Å². The molecular formula is C17H15ClN6O. The molecule has 3 aromatic rings. The highest BCUT2D eigenvalue weighted by atomic mass is 35.5. The molecule has 126 valence electrons. The van der Waals surface area contributed by atoms with E-state index in [1.165, 1.54) is 4.57 Å². The van der Waals surface area contributed by atoms with Crippen LogP contribution in [0.15, 0.2) is 46.2 Å². The van der Waals surface area contributed by atoms with E-state index in [0.717, 1.165) is 11.4 Å². The maximum absolute atomic E-state index is 12.2. The minimum Gasteiger partial charge on any atom is -0.363 e. The van der Waals surface area contributed by atoms with Crippen LogP contribution in [0.25, 0.3) is 5.69 Å². The zero-order chi connectivity index (χ0) is 17.6. The van der Waals surface area contributed by atoms with Gasteiger partial charge in [-0.15, -0.1) is 0 Å². The summed E-state index contributed by atoms with van der Waals surface area (Å²) in [6.45, 7) is 0.257. The van der Waals surface area contributed by atoms with Crippen molar-refractivity contribution in [3.8, 4) is 5.69 Å². The first-order valence-corrected chi connectivity index (χ1v) is 8.09. The van der Waals surface area contributed by atoms with Crippen molar-refractivity contribution < 1.29 is 0 Å². The second-order valence-corrected chi connectivity index (χ2v) is 6.26. The Balaban J connectivity index is 2.03. The lowest BCUT2D eigenvalue weighted by molar-refractivity contribution is 0.860. The monoisotopic (exact) mass is 354 g/mol. The number of hydrogen-bond acceptors (Lipinski definition) is 5.